The van der Waals surface area contributed by atoms with Crippen molar-refractivity contribution in [1.82, 2.24) is 0 Å². The number of anilines is 1. The van der Waals surface area contributed by atoms with Gasteiger partial charge in [-0.25, -0.2) is 8.78 Å². The first-order chi connectivity index (χ1) is 11.0. The number of hydrogen-bond donors (Lipinski definition) is 1. The van der Waals surface area contributed by atoms with Crippen LogP contribution in [0.15, 0.2) is 42.5 Å². The van der Waals surface area contributed by atoms with Crippen LogP contribution >= 0.6 is 11.6 Å². The average molecular weight is 337 g/mol. The van der Waals surface area contributed by atoms with Gasteiger partial charge < -0.3 is 10.6 Å². The van der Waals surface area contributed by atoms with Gasteiger partial charge in [0.15, 0.2) is 0 Å². The summed E-state index contributed by atoms with van der Waals surface area (Å²) in [6.45, 7) is 1.20. The van der Waals surface area contributed by atoms with E-state index in [0.29, 0.717) is 29.7 Å². The second-order valence-electron chi connectivity index (χ2n) is 6.19. The number of benzene rings is 2. The summed E-state index contributed by atoms with van der Waals surface area (Å²) in [7, 11) is 0. The second kappa shape index (κ2) is 6.85. The van der Waals surface area contributed by atoms with Gasteiger partial charge in [0.2, 0.25) is 0 Å². The van der Waals surface area contributed by atoms with Crippen LogP contribution in [0.25, 0.3) is 0 Å². The molecular formula is C18H19ClF2N2. The first kappa shape index (κ1) is 16.2. The van der Waals surface area contributed by atoms with Gasteiger partial charge in [-0.3, -0.25) is 0 Å². The molecule has 0 amide bonds. The molecule has 1 fully saturated rings. The minimum atomic E-state index is -0.435. The molecule has 2 nitrogen and oxygen atoms in total. The predicted molar refractivity (Wildman–Crippen MR) is 89.8 cm³/mol. The van der Waals surface area contributed by atoms with Gasteiger partial charge in [0, 0.05) is 30.2 Å². The maximum absolute atomic E-state index is 14.0. The zero-order chi connectivity index (χ0) is 16.4. The molecule has 2 N–H and O–H groups in total. The van der Waals surface area contributed by atoms with Gasteiger partial charge >= 0.3 is 0 Å². The minimum Gasteiger partial charge on any atom is -0.367 e. The number of halogens is 3. The lowest BCUT2D eigenvalue weighted by atomic mass is 9.88. The van der Waals surface area contributed by atoms with Crippen LogP contribution in [-0.4, -0.2) is 19.1 Å². The van der Waals surface area contributed by atoms with Crippen LogP contribution in [0, 0.1) is 17.6 Å². The summed E-state index contributed by atoms with van der Waals surface area (Å²) >= 11 is 5.91. The Morgan fingerprint density at radius 1 is 1.09 bits per heavy atom. The van der Waals surface area contributed by atoms with E-state index in [9.17, 15) is 8.78 Å². The summed E-state index contributed by atoms with van der Waals surface area (Å²) in [4.78, 5) is 1.85. The Hall–Kier alpha value is -1.65. The van der Waals surface area contributed by atoms with Crippen molar-refractivity contribution in [3.63, 3.8) is 0 Å². The van der Waals surface area contributed by atoms with Gasteiger partial charge in [-0.15, -0.1) is 0 Å². The zero-order valence-electron chi connectivity index (χ0n) is 12.7. The molecule has 1 aliphatic rings. The van der Waals surface area contributed by atoms with Crippen molar-refractivity contribution in [3.8, 4) is 0 Å². The molecule has 2 aromatic rings. The highest BCUT2D eigenvalue weighted by atomic mass is 35.5. The van der Waals surface area contributed by atoms with Crippen LogP contribution in [0.2, 0.25) is 5.02 Å². The van der Waals surface area contributed by atoms with Crippen molar-refractivity contribution in [3.05, 3.63) is 64.7 Å². The van der Waals surface area contributed by atoms with Gasteiger partial charge in [0.1, 0.15) is 11.6 Å². The molecule has 1 saturated heterocycles. The zero-order valence-corrected chi connectivity index (χ0v) is 13.4. The molecule has 5 heteroatoms. The lowest BCUT2D eigenvalue weighted by molar-refractivity contribution is 0.372. The molecular weight excluding hydrogens is 318 g/mol. The quantitative estimate of drug-likeness (QED) is 0.917. The van der Waals surface area contributed by atoms with Crippen LogP contribution in [0.1, 0.15) is 12.0 Å². The molecule has 1 aliphatic heterocycles. The highest BCUT2D eigenvalue weighted by Crippen LogP contribution is 2.28. The summed E-state index contributed by atoms with van der Waals surface area (Å²) in [5.41, 5.74) is 7.61. The van der Waals surface area contributed by atoms with E-state index in [4.69, 9.17) is 17.3 Å². The smallest absolute Gasteiger partial charge is 0.146 e. The summed E-state index contributed by atoms with van der Waals surface area (Å²) in [6.07, 6.45) is 1.72. The lowest BCUT2D eigenvalue weighted by Gasteiger charge is -2.38. The van der Waals surface area contributed by atoms with Crippen LogP contribution in [-0.2, 0) is 6.42 Å². The molecule has 2 atom stereocenters. The first-order valence-corrected chi connectivity index (χ1v) is 8.09. The van der Waals surface area contributed by atoms with Crippen molar-refractivity contribution in [2.45, 2.75) is 18.9 Å². The number of hydrogen-bond acceptors (Lipinski definition) is 2. The Labute approximate surface area is 139 Å². The van der Waals surface area contributed by atoms with E-state index in [1.54, 1.807) is 0 Å². The molecule has 0 aromatic heterocycles. The molecule has 0 bridgehead atoms. The molecule has 0 aliphatic carbocycles. The molecule has 122 valence electrons. The number of piperidine rings is 1. The largest absolute Gasteiger partial charge is 0.367 e. The van der Waals surface area contributed by atoms with E-state index < -0.39 is 11.6 Å². The van der Waals surface area contributed by atoms with Crippen molar-refractivity contribution in [1.29, 1.82) is 0 Å². The lowest BCUT2D eigenvalue weighted by Crippen LogP contribution is -2.48. The Bertz CT molecular complexity index is 675. The second-order valence-corrected chi connectivity index (χ2v) is 6.63. The minimum absolute atomic E-state index is 0.0521. The fourth-order valence-electron chi connectivity index (χ4n) is 3.27. The van der Waals surface area contributed by atoms with Crippen molar-refractivity contribution >= 4 is 17.3 Å². The normalized spacial score (nSPS) is 21.5. The van der Waals surface area contributed by atoms with E-state index in [1.807, 2.05) is 29.2 Å². The Morgan fingerprint density at radius 3 is 2.57 bits per heavy atom. The maximum atomic E-state index is 14.0. The van der Waals surface area contributed by atoms with E-state index in [2.05, 4.69) is 0 Å². The summed E-state index contributed by atoms with van der Waals surface area (Å²) in [5, 5.41) is 0.706. The molecule has 0 spiro atoms. The Balaban J connectivity index is 1.76. The molecule has 2 unspecified atom stereocenters. The van der Waals surface area contributed by atoms with Crippen LogP contribution in [0.5, 0.6) is 0 Å². The van der Waals surface area contributed by atoms with Crippen molar-refractivity contribution in [2.24, 2.45) is 11.7 Å². The number of nitrogens with two attached hydrogens (primary N) is 1. The Kier molecular flexibility index (Phi) is 4.83. The highest BCUT2D eigenvalue weighted by Gasteiger charge is 2.27. The molecule has 3 rings (SSSR count). The third-order valence-electron chi connectivity index (χ3n) is 4.26. The SMILES string of the molecule is NC1CC(Cc2ccc(Cl)cc2)CN(c2cc(F)ccc2F)C1. The van der Waals surface area contributed by atoms with E-state index in [-0.39, 0.29) is 6.04 Å². The Morgan fingerprint density at radius 2 is 1.83 bits per heavy atom. The van der Waals surface area contributed by atoms with E-state index in [1.165, 1.54) is 17.7 Å². The topological polar surface area (TPSA) is 29.3 Å². The van der Waals surface area contributed by atoms with Crippen molar-refractivity contribution in [2.75, 3.05) is 18.0 Å². The third-order valence-corrected chi connectivity index (χ3v) is 4.51. The molecule has 0 radical (unpaired) electrons. The summed E-state index contributed by atoms with van der Waals surface area (Å²) in [6, 6.07) is 11.2. The van der Waals surface area contributed by atoms with Gasteiger partial charge in [0.05, 0.1) is 5.69 Å². The van der Waals surface area contributed by atoms with E-state index in [0.717, 1.165) is 18.9 Å². The first-order valence-electron chi connectivity index (χ1n) is 7.71. The summed E-state index contributed by atoms with van der Waals surface area (Å²) < 4.78 is 27.5. The average Bonchev–Trinajstić information content (AvgIpc) is 2.51. The molecule has 0 saturated carbocycles. The summed E-state index contributed by atoms with van der Waals surface area (Å²) in [5.74, 6) is -0.553. The molecule has 2 aromatic carbocycles. The number of rotatable bonds is 3. The van der Waals surface area contributed by atoms with Gasteiger partial charge in [0.25, 0.3) is 0 Å². The van der Waals surface area contributed by atoms with Crippen LogP contribution < -0.4 is 10.6 Å². The molecule has 1 heterocycles. The maximum Gasteiger partial charge on any atom is 0.146 e. The fourth-order valence-corrected chi connectivity index (χ4v) is 3.40. The van der Waals surface area contributed by atoms with Crippen LogP contribution in [0.4, 0.5) is 14.5 Å². The highest BCUT2D eigenvalue weighted by molar-refractivity contribution is 6.30. The van der Waals surface area contributed by atoms with Gasteiger partial charge in [-0.1, -0.05) is 23.7 Å². The molecule has 23 heavy (non-hydrogen) atoms. The van der Waals surface area contributed by atoms with Gasteiger partial charge in [-0.05, 0) is 48.6 Å². The number of nitrogens with zero attached hydrogens (tertiary/aromatic N) is 1. The fraction of sp³-hybridized carbons (Fsp3) is 0.333. The monoisotopic (exact) mass is 336 g/mol. The van der Waals surface area contributed by atoms with Crippen LogP contribution in [0.3, 0.4) is 0 Å². The third kappa shape index (κ3) is 4.01. The predicted octanol–water partition coefficient (Wildman–Crippen LogP) is 4.01. The van der Waals surface area contributed by atoms with Crippen molar-refractivity contribution < 1.29 is 8.78 Å². The van der Waals surface area contributed by atoms with E-state index >= 15 is 0 Å². The van der Waals surface area contributed by atoms with Gasteiger partial charge in [-0.2, -0.15) is 0 Å². The standard InChI is InChI=1S/C18H19ClF2N2/c19-14-3-1-12(2-4-14)7-13-8-16(22)11-23(10-13)18-9-15(20)5-6-17(18)21/h1-6,9,13,16H,7-8,10-11,22H2.